The van der Waals surface area contributed by atoms with Gasteiger partial charge in [0, 0.05) is 69.2 Å². The molecular formula is C22H32N6OS. The fourth-order valence-electron chi connectivity index (χ4n) is 3.45. The van der Waals surface area contributed by atoms with E-state index in [-0.39, 0.29) is 11.3 Å². The van der Waals surface area contributed by atoms with Crippen molar-refractivity contribution >= 4 is 29.0 Å². The first-order valence-corrected chi connectivity index (χ1v) is 11.3. The normalized spacial score (nSPS) is 15.2. The van der Waals surface area contributed by atoms with Gasteiger partial charge in [-0.25, -0.2) is 4.98 Å². The number of hydrogen-bond acceptors (Lipinski definition) is 5. The Labute approximate surface area is 183 Å². The van der Waals surface area contributed by atoms with E-state index < -0.39 is 0 Å². The summed E-state index contributed by atoms with van der Waals surface area (Å²) < 4.78 is 0. The largest absolute Gasteiger partial charge is 0.356 e. The van der Waals surface area contributed by atoms with E-state index in [9.17, 15) is 4.79 Å². The van der Waals surface area contributed by atoms with Crippen molar-refractivity contribution in [3.05, 3.63) is 46.8 Å². The molecule has 0 aliphatic carbocycles. The van der Waals surface area contributed by atoms with E-state index in [1.807, 2.05) is 23.1 Å². The zero-order valence-corrected chi connectivity index (χ0v) is 18.9. The molecule has 0 atom stereocenters. The summed E-state index contributed by atoms with van der Waals surface area (Å²) in [5.41, 5.74) is 0.0227. The Hall–Kier alpha value is -2.61. The number of piperazine rings is 1. The number of aromatic nitrogens is 1. The van der Waals surface area contributed by atoms with Crippen LogP contribution in [0.25, 0.3) is 0 Å². The lowest BCUT2D eigenvalue weighted by atomic mass is 9.91. The molecule has 0 bridgehead atoms. The van der Waals surface area contributed by atoms with Gasteiger partial charge in [-0.15, -0.1) is 11.3 Å². The van der Waals surface area contributed by atoms with Crippen LogP contribution in [0.4, 0.5) is 5.82 Å². The summed E-state index contributed by atoms with van der Waals surface area (Å²) in [6, 6.07) is 10.2. The maximum Gasteiger partial charge on any atom is 0.224 e. The van der Waals surface area contributed by atoms with Crippen LogP contribution in [0.3, 0.4) is 0 Å². The minimum atomic E-state index is 0.0227. The monoisotopic (exact) mass is 428 g/mol. The molecule has 8 heteroatoms. The van der Waals surface area contributed by atoms with Crippen LogP contribution < -0.4 is 15.5 Å². The molecule has 7 nitrogen and oxygen atoms in total. The number of anilines is 1. The molecule has 2 aromatic rings. The second-order valence-corrected chi connectivity index (χ2v) is 8.97. The maximum absolute atomic E-state index is 12.6. The lowest BCUT2D eigenvalue weighted by molar-refractivity contribution is -0.131. The molecule has 2 N–H and O–H groups in total. The number of hydrogen-bond donors (Lipinski definition) is 2. The van der Waals surface area contributed by atoms with Crippen molar-refractivity contribution in [3.63, 3.8) is 0 Å². The van der Waals surface area contributed by atoms with Gasteiger partial charge in [-0.1, -0.05) is 26.0 Å². The fraction of sp³-hybridized carbons (Fsp3) is 0.500. The van der Waals surface area contributed by atoms with E-state index in [0.29, 0.717) is 13.0 Å². The van der Waals surface area contributed by atoms with Crippen LogP contribution in [-0.2, 0) is 10.2 Å². The van der Waals surface area contributed by atoms with Crippen molar-refractivity contribution in [1.29, 1.82) is 0 Å². The zero-order chi connectivity index (χ0) is 21.4. The summed E-state index contributed by atoms with van der Waals surface area (Å²) in [6.45, 7) is 8.87. The van der Waals surface area contributed by atoms with Crippen LogP contribution in [0.1, 0.15) is 25.1 Å². The van der Waals surface area contributed by atoms with Gasteiger partial charge in [0.05, 0.1) is 0 Å². The highest BCUT2D eigenvalue weighted by molar-refractivity contribution is 7.10. The van der Waals surface area contributed by atoms with Gasteiger partial charge < -0.3 is 20.4 Å². The quantitative estimate of drug-likeness (QED) is 0.523. The van der Waals surface area contributed by atoms with Gasteiger partial charge in [0.15, 0.2) is 5.96 Å². The van der Waals surface area contributed by atoms with E-state index >= 15 is 0 Å². The van der Waals surface area contributed by atoms with Gasteiger partial charge in [-0.3, -0.25) is 9.79 Å². The average molecular weight is 429 g/mol. The van der Waals surface area contributed by atoms with Gasteiger partial charge in [0.1, 0.15) is 5.82 Å². The molecule has 0 unspecified atom stereocenters. The van der Waals surface area contributed by atoms with Crippen molar-refractivity contribution in [1.82, 2.24) is 20.5 Å². The molecule has 0 aromatic carbocycles. The van der Waals surface area contributed by atoms with Crippen molar-refractivity contribution in [2.75, 3.05) is 51.2 Å². The fourth-order valence-corrected chi connectivity index (χ4v) is 4.30. The minimum absolute atomic E-state index is 0.0227. The number of carbonyl (C=O) groups is 1. The number of nitrogens with one attached hydrogen (secondary N) is 2. The van der Waals surface area contributed by atoms with Crippen molar-refractivity contribution in [3.8, 4) is 0 Å². The molecule has 2 aromatic heterocycles. The molecular weight excluding hydrogens is 396 g/mol. The Morgan fingerprint density at radius 3 is 2.60 bits per heavy atom. The number of carbonyl (C=O) groups excluding carboxylic acids is 1. The standard InChI is InChI=1S/C22H32N6OS/c1-22(2,18-7-6-16-30-18)17-26-21(23-3)25-11-9-20(29)28-14-12-27(13-15-28)19-8-4-5-10-24-19/h4-8,10,16H,9,11-15,17H2,1-3H3,(H2,23,25,26). The van der Waals surface area contributed by atoms with Crippen LogP contribution in [0.2, 0.25) is 0 Å². The third-order valence-electron chi connectivity index (χ3n) is 5.35. The summed E-state index contributed by atoms with van der Waals surface area (Å²) in [4.78, 5) is 26.8. The lowest BCUT2D eigenvalue weighted by Crippen LogP contribution is -2.50. The van der Waals surface area contributed by atoms with Crippen molar-refractivity contribution < 1.29 is 4.79 Å². The van der Waals surface area contributed by atoms with E-state index in [1.54, 1.807) is 24.6 Å². The average Bonchev–Trinajstić information content (AvgIpc) is 3.33. The van der Waals surface area contributed by atoms with Gasteiger partial charge in [0.25, 0.3) is 0 Å². The number of guanidine groups is 1. The molecule has 1 aliphatic heterocycles. The second kappa shape index (κ2) is 10.4. The van der Waals surface area contributed by atoms with Gasteiger partial charge in [-0.05, 0) is 23.6 Å². The summed E-state index contributed by atoms with van der Waals surface area (Å²) in [7, 11) is 1.76. The molecule has 0 spiro atoms. The Balaban J connectivity index is 1.37. The van der Waals surface area contributed by atoms with E-state index in [2.05, 4.69) is 56.9 Å². The second-order valence-electron chi connectivity index (χ2n) is 8.02. The summed E-state index contributed by atoms with van der Waals surface area (Å²) in [5, 5.41) is 8.75. The first-order valence-electron chi connectivity index (χ1n) is 10.4. The van der Waals surface area contributed by atoms with E-state index in [1.165, 1.54) is 4.88 Å². The Morgan fingerprint density at radius 1 is 1.17 bits per heavy atom. The zero-order valence-electron chi connectivity index (χ0n) is 18.1. The maximum atomic E-state index is 12.6. The number of amides is 1. The topological polar surface area (TPSA) is 72.9 Å². The highest BCUT2D eigenvalue weighted by Gasteiger charge is 2.23. The van der Waals surface area contributed by atoms with E-state index in [4.69, 9.17) is 0 Å². The van der Waals surface area contributed by atoms with Crippen LogP contribution in [-0.4, -0.2) is 68.1 Å². The SMILES string of the molecule is CN=C(NCCC(=O)N1CCN(c2ccccn2)CC1)NCC(C)(C)c1cccs1. The van der Waals surface area contributed by atoms with Crippen LogP contribution in [0, 0.1) is 0 Å². The number of nitrogens with zero attached hydrogens (tertiary/aromatic N) is 4. The van der Waals surface area contributed by atoms with Crippen LogP contribution >= 0.6 is 11.3 Å². The third kappa shape index (κ3) is 5.95. The predicted octanol–water partition coefficient (Wildman–Crippen LogP) is 2.32. The molecule has 3 heterocycles. The molecule has 1 amide bonds. The molecule has 1 fully saturated rings. The highest BCUT2D eigenvalue weighted by atomic mass is 32.1. The van der Waals surface area contributed by atoms with Gasteiger partial charge >= 0.3 is 0 Å². The van der Waals surface area contributed by atoms with E-state index in [0.717, 1.165) is 44.5 Å². The van der Waals surface area contributed by atoms with Crippen molar-refractivity contribution in [2.45, 2.75) is 25.7 Å². The van der Waals surface area contributed by atoms with Crippen molar-refractivity contribution in [2.24, 2.45) is 4.99 Å². The smallest absolute Gasteiger partial charge is 0.224 e. The number of aliphatic imine (C=N–C) groups is 1. The summed E-state index contributed by atoms with van der Waals surface area (Å²) in [6.07, 6.45) is 2.26. The molecule has 1 aliphatic rings. The molecule has 30 heavy (non-hydrogen) atoms. The lowest BCUT2D eigenvalue weighted by Gasteiger charge is -2.35. The Morgan fingerprint density at radius 2 is 1.97 bits per heavy atom. The first kappa shape index (κ1) is 22.1. The molecule has 162 valence electrons. The number of rotatable bonds is 7. The highest BCUT2D eigenvalue weighted by Crippen LogP contribution is 2.26. The van der Waals surface area contributed by atoms with Crippen LogP contribution in [0.15, 0.2) is 46.9 Å². The Kier molecular flexibility index (Phi) is 7.68. The third-order valence-corrected chi connectivity index (χ3v) is 6.58. The minimum Gasteiger partial charge on any atom is -0.356 e. The van der Waals surface area contributed by atoms with Gasteiger partial charge in [-0.2, -0.15) is 0 Å². The molecule has 1 saturated heterocycles. The molecule has 0 radical (unpaired) electrons. The molecule has 3 rings (SSSR count). The van der Waals surface area contributed by atoms with Gasteiger partial charge in [0.2, 0.25) is 5.91 Å². The first-order chi connectivity index (χ1) is 14.5. The number of pyridine rings is 1. The number of thiophene rings is 1. The molecule has 0 saturated carbocycles. The predicted molar refractivity (Wildman–Crippen MR) is 124 cm³/mol. The van der Waals surface area contributed by atoms with Crippen LogP contribution in [0.5, 0.6) is 0 Å². The summed E-state index contributed by atoms with van der Waals surface area (Å²) in [5.74, 6) is 1.89. The summed E-state index contributed by atoms with van der Waals surface area (Å²) >= 11 is 1.77. The Bertz CT molecular complexity index is 813.